The number of fused-ring (bicyclic) bond motifs is 5. The number of carbonyl (C=O) groups excluding carboxylic acids is 2. The van der Waals surface area contributed by atoms with E-state index in [0.29, 0.717) is 62.9 Å². The Labute approximate surface area is 216 Å². The largest absolute Gasteiger partial charge is 0.384 e. The van der Waals surface area contributed by atoms with Crippen LogP contribution in [0.5, 0.6) is 0 Å². The molecule has 3 heterocycles. The summed E-state index contributed by atoms with van der Waals surface area (Å²) in [6.07, 6.45) is 0.0577. The van der Waals surface area contributed by atoms with E-state index >= 15 is 0 Å². The van der Waals surface area contributed by atoms with Crippen LogP contribution in [0.4, 0.5) is 4.39 Å². The molecule has 3 atom stereocenters. The molecule has 10 heteroatoms. The van der Waals surface area contributed by atoms with E-state index in [1.165, 1.54) is 13.0 Å². The number of aromatic nitrogens is 2. The van der Waals surface area contributed by atoms with Crippen molar-refractivity contribution >= 4 is 34.2 Å². The number of nitrogens with one attached hydrogen (secondary N) is 1. The first-order chi connectivity index (χ1) is 17.6. The molecule has 1 amide bonds. The Morgan fingerprint density at radius 2 is 2.03 bits per heavy atom. The van der Waals surface area contributed by atoms with Crippen molar-refractivity contribution in [3.63, 3.8) is 0 Å². The predicted molar refractivity (Wildman–Crippen MR) is 134 cm³/mol. The fourth-order valence-electron chi connectivity index (χ4n) is 6.17. The normalized spacial score (nSPS) is 22.4. The lowest BCUT2D eigenvalue weighted by molar-refractivity contribution is -0.140. The number of aliphatic hydroxyl groups excluding tert-OH is 1. The molecule has 3 N–H and O–H groups in total. The van der Waals surface area contributed by atoms with Crippen molar-refractivity contribution in [2.75, 3.05) is 0 Å². The van der Waals surface area contributed by atoms with Crippen molar-refractivity contribution < 1.29 is 24.2 Å². The number of aryl methyl sites for hydroxylation is 1. The monoisotopic (exact) mass is 525 g/mol. The van der Waals surface area contributed by atoms with Gasteiger partial charge in [-0.3, -0.25) is 14.4 Å². The van der Waals surface area contributed by atoms with E-state index in [-0.39, 0.29) is 42.2 Å². The van der Waals surface area contributed by atoms with E-state index in [9.17, 15) is 29.0 Å². The van der Waals surface area contributed by atoms with Gasteiger partial charge in [0.25, 0.3) is 5.56 Å². The molecule has 3 aliphatic rings. The van der Waals surface area contributed by atoms with Gasteiger partial charge >= 0.3 is 0 Å². The smallest absolute Gasteiger partial charge is 0.254 e. The third-order valence-electron chi connectivity index (χ3n) is 8.12. The third kappa shape index (κ3) is 3.27. The van der Waals surface area contributed by atoms with Gasteiger partial charge in [0.2, 0.25) is 5.91 Å². The highest BCUT2D eigenvalue weighted by atomic mass is 35.5. The first-order valence-electron chi connectivity index (χ1n) is 12.4. The number of halogens is 2. The van der Waals surface area contributed by atoms with Gasteiger partial charge in [0.05, 0.1) is 34.5 Å². The number of amides is 1. The highest BCUT2D eigenvalue weighted by Crippen LogP contribution is 2.46. The summed E-state index contributed by atoms with van der Waals surface area (Å²) in [6.45, 7) is 3.25. The van der Waals surface area contributed by atoms with Gasteiger partial charge < -0.3 is 20.1 Å². The summed E-state index contributed by atoms with van der Waals surface area (Å²) in [4.78, 5) is 43.5. The van der Waals surface area contributed by atoms with Gasteiger partial charge in [0.15, 0.2) is 5.78 Å². The SMILES string of the molecule is CC[C@@]1(O)C(=O)CCc2c1cc1n(c2=O)Cc2c-1nc1cc(F)c(Cl)c3c1c2[C@H](NC(=O)[C@@H](C)O)CC3. The Balaban J connectivity index is 1.65. The van der Waals surface area contributed by atoms with Crippen molar-refractivity contribution in [1.29, 1.82) is 0 Å². The molecule has 192 valence electrons. The van der Waals surface area contributed by atoms with E-state index in [1.807, 2.05) is 0 Å². The van der Waals surface area contributed by atoms with E-state index in [1.54, 1.807) is 17.6 Å². The summed E-state index contributed by atoms with van der Waals surface area (Å²) < 4.78 is 16.4. The number of ketones is 1. The lowest BCUT2D eigenvalue weighted by Gasteiger charge is -2.32. The van der Waals surface area contributed by atoms with Crippen LogP contribution in [0.3, 0.4) is 0 Å². The molecule has 0 saturated heterocycles. The van der Waals surface area contributed by atoms with Gasteiger partial charge in [-0.15, -0.1) is 0 Å². The van der Waals surface area contributed by atoms with Crippen molar-refractivity contribution in [2.45, 2.75) is 70.2 Å². The van der Waals surface area contributed by atoms with Crippen LogP contribution in [-0.4, -0.2) is 37.6 Å². The van der Waals surface area contributed by atoms with E-state index in [2.05, 4.69) is 5.32 Å². The summed E-state index contributed by atoms with van der Waals surface area (Å²) in [5.74, 6) is -1.48. The summed E-state index contributed by atoms with van der Waals surface area (Å²) >= 11 is 6.35. The number of Topliss-reactive ketones (excluding diaryl/α,β-unsaturated/α-hetero) is 1. The maximum Gasteiger partial charge on any atom is 0.254 e. The van der Waals surface area contributed by atoms with Crippen LogP contribution in [0.1, 0.15) is 67.0 Å². The maximum atomic E-state index is 14.8. The van der Waals surface area contributed by atoms with Crippen LogP contribution in [0.15, 0.2) is 16.9 Å². The van der Waals surface area contributed by atoms with Crippen LogP contribution in [0.2, 0.25) is 5.02 Å². The number of benzene rings is 1. The average molecular weight is 526 g/mol. The number of carbonyl (C=O) groups is 2. The molecular formula is C27H25ClFN3O5. The van der Waals surface area contributed by atoms with Gasteiger partial charge in [-0.25, -0.2) is 9.37 Å². The number of hydrogen-bond donors (Lipinski definition) is 3. The lowest BCUT2D eigenvalue weighted by Crippen LogP contribution is -2.43. The Hall–Kier alpha value is -3.14. The second-order valence-corrected chi connectivity index (χ2v) is 10.5. The molecule has 37 heavy (non-hydrogen) atoms. The van der Waals surface area contributed by atoms with Gasteiger partial charge in [0, 0.05) is 34.6 Å². The number of nitrogens with zero attached hydrogens (tertiary/aromatic N) is 2. The van der Waals surface area contributed by atoms with Gasteiger partial charge in [0.1, 0.15) is 17.5 Å². The molecule has 1 aliphatic heterocycles. The van der Waals surface area contributed by atoms with Crippen LogP contribution in [-0.2, 0) is 34.6 Å². The third-order valence-corrected chi connectivity index (χ3v) is 8.52. The predicted octanol–water partition coefficient (Wildman–Crippen LogP) is 2.81. The zero-order valence-corrected chi connectivity index (χ0v) is 21.1. The van der Waals surface area contributed by atoms with Gasteiger partial charge in [-0.1, -0.05) is 18.5 Å². The van der Waals surface area contributed by atoms with Crippen LogP contribution >= 0.6 is 11.6 Å². The zero-order valence-electron chi connectivity index (χ0n) is 20.3. The van der Waals surface area contributed by atoms with Crippen LogP contribution < -0.4 is 10.9 Å². The first kappa shape index (κ1) is 24.2. The molecule has 2 aromatic heterocycles. The standard InChI is InChI=1S/C27H25ClFN3O5/c1-3-27(37)15-8-19-24-14(10-32(19)26(36)12(15)5-7-20(27)34)22-17(31-25(35)11(2)33)6-4-13-21(22)18(30-24)9-16(29)23(13)28/h8-9,11,17,33,37H,3-7,10H2,1-2H3,(H,31,35)/t11-,17-,27+/m1/s1. The fraction of sp³-hybridized carbons (Fsp3) is 0.407. The fourth-order valence-corrected chi connectivity index (χ4v) is 6.42. The molecule has 3 aromatic rings. The second kappa shape index (κ2) is 8.18. The minimum atomic E-state index is -1.75. The number of hydrogen-bond acceptors (Lipinski definition) is 6. The molecule has 0 fully saturated rings. The van der Waals surface area contributed by atoms with Crippen molar-refractivity contribution in [2.24, 2.45) is 0 Å². The second-order valence-electron chi connectivity index (χ2n) is 10.1. The lowest BCUT2D eigenvalue weighted by atomic mass is 9.77. The quantitative estimate of drug-likeness (QED) is 0.378. The molecular weight excluding hydrogens is 501 g/mol. The minimum absolute atomic E-state index is 0.00506. The molecule has 0 unspecified atom stereocenters. The molecule has 1 aromatic carbocycles. The van der Waals surface area contributed by atoms with Gasteiger partial charge in [-0.2, -0.15) is 0 Å². The Bertz CT molecular complexity index is 1610. The van der Waals surface area contributed by atoms with Crippen molar-refractivity contribution in [1.82, 2.24) is 14.9 Å². The highest BCUT2D eigenvalue weighted by Gasteiger charge is 2.44. The van der Waals surface area contributed by atoms with E-state index in [0.717, 1.165) is 0 Å². The molecule has 8 nitrogen and oxygen atoms in total. The Morgan fingerprint density at radius 3 is 2.73 bits per heavy atom. The van der Waals surface area contributed by atoms with Crippen molar-refractivity contribution in [3.8, 4) is 11.4 Å². The Morgan fingerprint density at radius 1 is 1.27 bits per heavy atom. The van der Waals surface area contributed by atoms with Crippen molar-refractivity contribution in [3.05, 3.63) is 61.1 Å². The molecule has 2 aliphatic carbocycles. The van der Waals surface area contributed by atoms with E-state index < -0.39 is 29.5 Å². The first-order valence-corrected chi connectivity index (χ1v) is 12.8. The Kier molecular flexibility index (Phi) is 5.35. The average Bonchev–Trinajstić information content (AvgIpc) is 3.24. The summed E-state index contributed by atoms with van der Waals surface area (Å²) in [5, 5.41) is 24.6. The van der Waals surface area contributed by atoms with Crippen LogP contribution in [0, 0.1) is 5.82 Å². The number of aliphatic hydroxyl groups is 2. The summed E-state index contributed by atoms with van der Waals surface area (Å²) in [6, 6.07) is 2.40. The van der Waals surface area contributed by atoms with Crippen LogP contribution in [0.25, 0.3) is 22.3 Å². The highest BCUT2D eigenvalue weighted by molar-refractivity contribution is 6.32. The summed E-state index contributed by atoms with van der Waals surface area (Å²) in [5.41, 5.74) is 1.84. The summed E-state index contributed by atoms with van der Waals surface area (Å²) in [7, 11) is 0. The molecule has 6 rings (SSSR count). The number of rotatable bonds is 3. The molecule has 0 saturated carbocycles. The number of pyridine rings is 2. The molecule has 0 radical (unpaired) electrons. The van der Waals surface area contributed by atoms with Gasteiger partial charge in [-0.05, 0) is 49.8 Å². The van der Waals surface area contributed by atoms with E-state index in [4.69, 9.17) is 16.6 Å². The topological polar surface area (TPSA) is 122 Å². The zero-order chi connectivity index (χ0) is 26.4. The molecule has 0 spiro atoms. The molecule has 0 bridgehead atoms. The maximum absolute atomic E-state index is 14.8. The minimum Gasteiger partial charge on any atom is -0.384 e.